The number of allylic oxidation sites excluding steroid dienone is 3. The van der Waals surface area contributed by atoms with E-state index in [-0.39, 0.29) is 41.3 Å². The molecule has 2 atom stereocenters. The van der Waals surface area contributed by atoms with Crippen LogP contribution in [-0.4, -0.2) is 37.7 Å². The Morgan fingerprint density at radius 2 is 1.73 bits per heavy atom. The molecule has 0 saturated carbocycles. The van der Waals surface area contributed by atoms with Gasteiger partial charge in [0, 0.05) is 35.7 Å². The fourth-order valence-electron chi connectivity index (χ4n) is 5.65. The smallest absolute Gasteiger partial charge is 0.336 e. The monoisotopic (exact) mass is 573 g/mol. The van der Waals surface area contributed by atoms with Gasteiger partial charge in [-0.2, -0.15) is 0 Å². The summed E-state index contributed by atoms with van der Waals surface area (Å²) in [6, 6.07) is 20.7. The number of phenols is 1. The van der Waals surface area contributed by atoms with Crippen LogP contribution < -0.4 is 14.8 Å². The van der Waals surface area contributed by atoms with Crippen molar-refractivity contribution in [3.8, 4) is 17.2 Å². The van der Waals surface area contributed by atoms with Crippen LogP contribution in [0.2, 0.25) is 5.02 Å². The van der Waals surface area contributed by atoms with E-state index in [1.165, 1.54) is 7.11 Å². The molecule has 0 spiro atoms. The van der Waals surface area contributed by atoms with Gasteiger partial charge >= 0.3 is 5.97 Å². The fraction of sp³-hybridized carbons (Fsp3) is 0.273. The van der Waals surface area contributed by atoms with E-state index in [1.807, 2.05) is 61.5 Å². The van der Waals surface area contributed by atoms with E-state index in [0.717, 1.165) is 22.6 Å². The van der Waals surface area contributed by atoms with E-state index in [0.29, 0.717) is 35.2 Å². The predicted octanol–water partition coefficient (Wildman–Crippen LogP) is 6.21. The number of methoxy groups -OCH3 is 2. The van der Waals surface area contributed by atoms with Crippen molar-refractivity contribution in [1.29, 1.82) is 0 Å². The van der Waals surface area contributed by atoms with Crippen LogP contribution in [0.4, 0.5) is 0 Å². The van der Waals surface area contributed by atoms with E-state index in [4.69, 9.17) is 25.8 Å². The first-order valence-corrected chi connectivity index (χ1v) is 13.8. The Kier molecular flexibility index (Phi) is 8.36. The number of benzene rings is 3. The molecule has 0 radical (unpaired) electrons. The maximum absolute atomic E-state index is 13.9. The van der Waals surface area contributed by atoms with Gasteiger partial charge in [0.15, 0.2) is 17.3 Å². The Hall–Kier alpha value is -4.23. The molecule has 0 fully saturated rings. The Labute approximate surface area is 244 Å². The second-order valence-corrected chi connectivity index (χ2v) is 10.6. The molecule has 3 aromatic carbocycles. The zero-order valence-corrected chi connectivity index (χ0v) is 24.0. The number of hydrogen-bond donors (Lipinski definition) is 2. The molecule has 0 unspecified atom stereocenters. The summed E-state index contributed by atoms with van der Waals surface area (Å²) >= 11 is 6.38. The van der Waals surface area contributed by atoms with Gasteiger partial charge in [0.05, 0.1) is 31.4 Å². The Morgan fingerprint density at radius 3 is 2.41 bits per heavy atom. The maximum Gasteiger partial charge on any atom is 0.336 e. The van der Waals surface area contributed by atoms with Gasteiger partial charge in [-0.1, -0.05) is 54.1 Å². The number of carbonyl (C=O) groups excluding carboxylic acids is 2. The molecule has 1 aliphatic heterocycles. The average molecular weight is 574 g/mol. The SMILES string of the molecule is COc1ccc([C@@H]2CC(=O)C3=C(C2)NC(C)=C(C(=O)OCCc2ccccc2)[C@H]3c2cc(Cl)c(O)c(OC)c2)cc1. The molecule has 2 aliphatic rings. The van der Waals surface area contributed by atoms with Gasteiger partial charge in [-0.05, 0) is 60.2 Å². The van der Waals surface area contributed by atoms with Crippen LogP contribution in [0.1, 0.15) is 48.3 Å². The molecule has 0 amide bonds. The van der Waals surface area contributed by atoms with Crippen molar-refractivity contribution in [3.05, 3.63) is 111 Å². The topological polar surface area (TPSA) is 94.1 Å². The number of carbonyl (C=O) groups is 2. The standard InChI is InChI=1S/C33H32ClNO6/c1-19-29(33(38)41-14-13-20-7-5-4-6-8-20)30(23-15-25(34)32(37)28(18-23)40-3)31-26(35-19)16-22(17-27(31)36)21-9-11-24(39-2)12-10-21/h4-12,15,18,22,30,35,37H,13-14,16-17H2,1-3H3/t22-,30+/m0/s1. The Bertz CT molecular complexity index is 1530. The van der Waals surface area contributed by atoms with Crippen LogP contribution in [0.5, 0.6) is 17.2 Å². The van der Waals surface area contributed by atoms with Crippen molar-refractivity contribution in [2.45, 2.75) is 38.0 Å². The maximum atomic E-state index is 13.9. The summed E-state index contributed by atoms with van der Waals surface area (Å²) in [5.74, 6) is -0.674. The molecular weight excluding hydrogens is 542 g/mol. The third-order valence-corrected chi connectivity index (χ3v) is 7.99. The molecule has 0 bridgehead atoms. The first-order chi connectivity index (χ1) is 19.8. The summed E-state index contributed by atoms with van der Waals surface area (Å²) in [5, 5.41) is 13.8. The number of nitrogens with one attached hydrogen (secondary N) is 1. The van der Waals surface area contributed by atoms with Crippen molar-refractivity contribution >= 4 is 23.4 Å². The molecule has 0 saturated heterocycles. The fourth-order valence-corrected chi connectivity index (χ4v) is 5.87. The van der Waals surface area contributed by atoms with Gasteiger partial charge in [0.2, 0.25) is 0 Å². The Balaban J connectivity index is 1.51. The normalized spacial score (nSPS) is 18.5. The van der Waals surface area contributed by atoms with E-state index in [2.05, 4.69) is 5.32 Å². The van der Waals surface area contributed by atoms with Crippen LogP contribution in [0.25, 0.3) is 0 Å². The predicted molar refractivity (Wildman–Crippen MR) is 156 cm³/mol. The highest BCUT2D eigenvalue weighted by Crippen LogP contribution is 2.48. The number of ether oxygens (including phenoxy) is 3. The van der Waals surface area contributed by atoms with Gasteiger partial charge < -0.3 is 24.6 Å². The lowest BCUT2D eigenvalue weighted by Gasteiger charge is -2.37. The lowest BCUT2D eigenvalue weighted by Crippen LogP contribution is -2.36. The van der Waals surface area contributed by atoms with Crippen LogP contribution >= 0.6 is 11.6 Å². The van der Waals surface area contributed by atoms with Gasteiger partial charge in [0.1, 0.15) is 5.75 Å². The minimum Gasteiger partial charge on any atom is -0.503 e. The lowest BCUT2D eigenvalue weighted by molar-refractivity contribution is -0.139. The van der Waals surface area contributed by atoms with Crippen molar-refractivity contribution in [1.82, 2.24) is 5.32 Å². The lowest BCUT2D eigenvalue weighted by atomic mass is 9.71. The second kappa shape index (κ2) is 12.1. The summed E-state index contributed by atoms with van der Waals surface area (Å²) in [5.41, 5.74) is 4.83. The highest BCUT2D eigenvalue weighted by atomic mass is 35.5. The van der Waals surface area contributed by atoms with Gasteiger partial charge in [-0.25, -0.2) is 4.79 Å². The van der Waals surface area contributed by atoms with Crippen molar-refractivity contribution in [2.75, 3.05) is 20.8 Å². The van der Waals surface area contributed by atoms with E-state index in [9.17, 15) is 14.7 Å². The first-order valence-electron chi connectivity index (χ1n) is 13.5. The van der Waals surface area contributed by atoms with Crippen LogP contribution in [0.15, 0.2) is 89.3 Å². The molecule has 3 aromatic rings. The van der Waals surface area contributed by atoms with Crippen molar-refractivity contribution < 1.29 is 28.9 Å². The van der Waals surface area contributed by atoms with Crippen LogP contribution in [0.3, 0.4) is 0 Å². The summed E-state index contributed by atoms with van der Waals surface area (Å²) in [6.45, 7) is 2.00. The molecule has 7 nitrogen and oxygen atoms in total. The largest absolute Gasteiger partial charge is 0.503 e. The van der Waals surface area contributed by atoms with Crippen LogP contribution in [-0.2, 0) is 20.7 Å². The number of halogens is 1. The number of esters is 1. The number of phenolic OH excluding ortho intramolecular Hbond substituents is 1. The van der Waals surface area contributed by atoms with E-state index >= 15 is 0 Å². The molecule has 8 heteroatoms. The molecule has 1 aliphatic carbocycles. The Morgan fingerprint density at radius 1 is 1.00 bits per heavy atom. The average Bonchev–Trinajstić information content (AvgIpc) is 2.98. The van der Waals surface area contributed by atoms with Gasteiger partial charge in [0.25, 0.3) is 0 Å². The minimum atomic E-state index is -0.744. The highest BCUT2D eigenvalue weighted by molar-refractivity contribution is 6.32. The van der Waals surface area contributed by atoms with Crippen molar-refractivity contribution in [2.24, 2.45) is 0 Å². The minimum absolute atomic E-state index is 0.0366. The first kappa shape index (κ1) is 28.3. The van der Waals surface area contributed by atoms with Gasteiger partial charge in [-0.3, -0.25) is 4.79 Å². The molecule has 5 rings (SSSR count). The number of dihydropyridines is 1. The summed E-state index contributed by atoms with van der Waals surface area (Å²) in [4.78, 5) is 27.5. The molecule has 212 valence electrons. The number of aromatic hydroxyl groups is 1. The van der Waals surface area contributed by atoms with Crippen LogP contribution in [0, 0.1) is 0 Å². The molecule has 1 heterocycles. The number of rotatable bonds is 8. The number of Topliss-reactive ketones (excluding diaryl/α,β-unsaturated/α-hetero) is 1. The van der Waals surface area contributed by atoms with E-state index in [1.54, 1.807) is 19.2 Å². The highest BCUT2D eigenvalue weighted by Gasteiger charge is 2.42. The molecular formula is C33H32ClNO6. The molecule has 2 N–H and O–H groups in total. The zero-order valence-electron chi connectivity index (χ0n) is 23.2. The van der Waals surface area contributed by atoms with E-state index < -0.39 is 11.9 Å². The quantitative estimate of drug-likeness (QED) is 0.309. The summed E-state index contributed by atoms with van der Waals surface area (Å²) < 4.78 is 16.4. The molecule has 0 aromatic heterocycles. The third-order valence-electron chi connectivity index (χ3n) is 7.71. The second-order valence-electron chi connectivity index (χ2n) is 10.2. The zero-order chi connectivity index (χ0) is 29.1. The number of hydrogen-bond acceptors (Lipinski definition) is 7. The van der Waals surface area contributed by atoms with Gasteiger partial charge in [-0.15, -0.1) is 0 Å². The van der Waals surface area contributed by atoms with Crippen molar-refractivity contribution in [3.63, 3.8) is 0 Å². The summed E-state index contributed by atoms with van der Waals surface area (Å²) in [7, 11) is 3.04. The molecule has 41 heavy (non-hydrogen) atoms. The third kappa shape index (κ3) is 5.81. The summed E-state index contributed by atoms with van der Waals surface area (Å²) in [6.07, 6.45) is 1.43. The number of ketones is 1.